The Hall–Kier alpha value is -2.15. The van der Waals surface area contributed by atoms with Gasteiger partial charge in [-0.25, -0.2) is 0 Å². The normalized spacial score (nSPS) is 12.3. The van der Waals surface area contributed by atoms with Gasteiger partial charge >= 0.3 is 0 Å². The molecule has 0 bridgehead atoms. The average molecular weight is 564 g/mol. The molecule has 158 valence electrons. The SMILES string of the molecule is SC(SCc1ccc(I)cc1)=C1c2ccccc2N(Cc2ccccc2)c2ccccc21. The molecule has 1 aliphatic rings. The van der Waals surface area contributed by atoms with Gasteiger partial charge in [0.2, 0.25) is 0 Å². The second-order valence-corrected chi connectivity index (χ2v) is 10.7. The summed E-state index contributed by atoms with van der Waals surface area (Å²) in [4.78, 5) is 2.42. The minimum Gasteiger partial charge on any atom is -0.336 e. The number of hydrogen-bond acceptors (Lipinski definition) is 3. The van der Waals surface area contributed by atoms with Crippen LogP contribution in [-0.2, 0) is 12.3 Å². The Morgan fingerprint density at radius 2 is 1.25 bits per heavy atom. The molecule has 1 aliphatic heterocycles. The molecule has 0 saturated heterocycles. The maximum atomic E-state index is 5.02. The maximum absolute atomic E-state index is 5.02. The lowest BCUT2D eigenvalue weighted by atomic mass is 9.91. The molecule has 0 aliphatic carbocycles. The van der Waals surface area contributed by atoms with Gasteiger partial charge in [0.25, 0.3) is 0 Å². The molecule has 0 N–H and O–H groups in total. The van der Waals surface area contributed by atoms with Gasteiger partial charge in [0.15, 0.2) is 0 Å². The van der Waals surface area contributed by atoms with Crippen LogP contribution in [0.2, 0.25) is 0 Å². The van der Waals surface area contributed by atoms with Gasteiger partial charge in [-0.2, -0.15) is 0 Å². The summed E-state index contributed by atoms with van der Waals surface area (Å²) in [5, 5.41) is 0. The third-order valence-electron chi connectivity index (χ3n) is 5.61. The van der Waals surface area contributed by atoms with Crippen LogP contribution < -0.4 is 4.90 Å². The zero-order valence-electron chi connectivity index (χ0n) is 17.4. The molecular formula is C28H22INS2. The molecular weight excluding hydrogens is 541 g/mol. The van der Waals surface area contributed by atoms with Crippen LogP contribution in [0, 0.1) is 3.57 Å². The van der Waals surface area contributed by atoms with Crippen molar-refractivity contribution in [1.29, 1.82) is 0 Å². The van der Waals surface area contributed by atoms with E-state index in [1.807, 2.05) is 0 Å². The Kier molecular flexibility index (Phi) is 6.62. The Morgan fingerprint density at radius 1 is 0.688 bits per heavy atom. The number of rotatable bonds is 5. The van der Waals surface area contributed by atoms with Gasteiger partial charge in [0.1, 0.15) is 0 Å². The van der Waals surface area contributed by atoms with Crippen molar-refractivity contribution in [1.82, 2.24) is 0 Å². The Balaban J connectivity index is 1.56. The van der Waals surface area contributed by atoms with Crippen LogP contribution in [-0.4, -0.2) is 0 Å². The van der Waals surface area contributed by atoms with E-state index < -0.39 is 0 Å². The Bertz CT molecular complexity index is 1220. The summed E-state index contributed by atoms with van der Waals surface area (Å²) in [6.45, 7) is 0.833. The van der Waals surface area contributed by atoms with Gasteiger partial charge in [0, 0.05) is 48.2 Å². The second-order valence-electron chi connectivity index (χ2n) is 7.70. The predicted molar refractivity (Wildman–Crippen MR) is 151 cm³/mol. The zero-order chi connectivity index (χ0) is 21.9. The predicted octanol–water partition coefficient (Wildman–Crippen LogP) is 8.52. The largest absolute Gasteiger partial charge is 0.336 e. The van der Waals surface area contributed by atoms with Gasteiger partial charge in [-0.3, -0.25) is 0 Å². The highest BCUT2D eigenvalue weighted by molar-refractivity contribution is 14.1. The van der Waals surface area contributed by atoms with Crippen molar-refractivity contribution >= 4 is 63.9 Å². The number of thiol groups is 1. The first-order chi connectivity index (χ1) is 15.7. The number of benzene rings is 4. The fourth-order valence-electron chi connectivity index (χ4n) is 4.09. The van der Waals surface area contributed by atoms with E-state index in [4.69, 9.17) is 12.6 Å². The van der Waals surface area contributed by atoms with E-state index in [1.54, 1.807) is 11.8 Å². The fourth-order valence-corrected chi connectivity index (χ4v) is 5.74. The summed E-state index contributed by atoms with van der Waals surface area (Å²) >= 11 is 9.17. The highest BCUT2D eigenvalue weighted by Crippen LogP contribution is 2.49. The third-order valence-corrected chi connectivity index (χ3v) is 7.90. The number of para-hydroxylation sites is 2. The minimum absolute atomic E-state index is 0.833. The molecule has 0 aromatic heterocycles. The molecule has 0 atom stereocenters. The molecule has 0 radical (unpaired) electrons. The summed E-state index contributed by atoms with van der Waals surface area (Å²) in [6, 6.07) is 36.8. The molecule has 0 spiro atoms. The van der Waals surface area contributed by atoms with E-state index in [9.17, 15) is 0 Å². The number of halogens is 1. The van der Waals surface area contributed by atoms with Crippen molar-refractivity contribution in [3.63, 3.8) is 0 Å². The summed E-state index contributed by atoms with van der Waals surface area (Å²) in [6.07, 6.45) is 0. The molecule has 0 fully saturated rings. The molecule has 4 aromatic rings. The number of fused-ring (bicyclic) bond motifs is 2. The van der Waals surface area contributed by atoms with Crippen molar-refractivity contribution in [2.24, 2.45) is 0 Å². The van der Waals surface area contributed by atoms with E-state index >= 15 is 0 Å². The molecule has 32 heavy (non-hydrogen) atoms. The van der Waals surface area contributed by atoms with Gasteiger partial charge in [-0.05, 0) is 58.0 Å². The molecule has 5 rings (SSSR count). The first-order valence-electron chi connectivity index (χ1n) is 10.5. The first-order valence-corrected chi connectivity index (χ1v) is 13.0. The van der Waals surface area contributed by atoms with Crippen LogP contribution in [0.1, 0.15) is 22.3 Å². The van der Waals surface area contributed by atoms with Crippen molar-refractivity contribution in [2.45, 2.75) is 12.3 Å². The van der Waals surface area contributed by atoms with Crippen LogP contribution in [0.3, 0.4) is 0 Å². The molecule has 0 amide bonds. The molecule has 1 nitrogen and oxygen atoms in total. The maximum Gasteiger partial charge on any atom is 0.0494 e. The van der Waals surface area contributed by atoms with Crippen LogP contribution in [0.15, 0.2) is 107 Å². The highest BCUT2D eigenvalue weighted by Gasteiger charge is 2.27. The highest BCUT2D eigenvalue weighted by atomic mass is 127. The molecule has 0 unspecified atom stereocenters. The van der Waals surface area contributed by atoms with Crippen molar-refractivity contribution in [2.75, 3.05) is 4.90 Å². The molecule has 1 heterocycles. The first kappa shape index (κ1) is 21.7. The van der Waals surface area contributed by atoms with Crippen LogP contribution in [0.25, 0.3) is 5.57 Å². The quantitative estimate of drug-likeness (QED) is 0.192. The minimum atomic E-state index is 0.833. The monoisotopic (exact) mass is 563 g/mol. The van der Waals surface area contributed by atoms with Crippen LogP contribution in [0.5, 0.6) is 0 Å². The number of anilines is 2. The Morgan fingerprint density at radius 3 is 1.88 bits per heavy atom. The summed E-state index contributed by atoms with van der Waals surface area (Å²) in [5.74, 6) is 0.900. The summed E-state index contributed by atoms with van der Waals surface area (Å²) < 4.78 is 2.32. The van der Waals surface area contributed by atoms with Crippen LogP contribution in [0.4, 0.5) is 11.4 Å². The smallest absolute Gasteiger partial charge is 0.0494 e. The third kappa shape index (κ3) is 4.49. The Labute approximate surface area is 213 Å². The number of thioether (sulfide) groups is 1. The number of hydrogen-bond donors (Lipinski definition) is 1. The van der Waals surface area contributed by atoms with Gasteiger partial charge in [0.05, 0.1) is 0 Å². The van der Waals surface area contributed by atoms with Gasteiger partial charge < -0.3 is 4.90 Å². The van der Waals surface area contributed by atoms with Crippen molar-refractivity contribution in [3.8, 4) is 0 Å². The topological polar surface area (TPSA) is 3.24 Å². The van der Waals surface area contributed by atoms with E-state index in [2.05, 4.69) is 131 Å². The fraction of sp³-hybridized carbons (Fsp3) is 0.0714. The van der Waals surface area contributed by atoms with Gasteiger partial charge in [-0.1, -0.05) is 78.9 Å². The second kappa shape index (κ2) is 9.77. The van der Waals surface area contributed by atoms with Gasteiger partial charge in [-0.15, -0.1) is 24.4 Å². The summed E-state index contributed by atoms with van der Waals surface area (Å²) in [5.41, 5.74) is 8.76. The van der Waals surface area contributed by atoms with Crippen molar-refractivity contribution < 1.29 is 0 Å². The molecule has 4 heteroatoms. The molecule has 4 aromatic carbocycles. The lowest BCUT2D eigenvalue weighted by molar-refractivity contribution is 0.963. The zero-order valence-corrected chi connectivity index (χ0v) is 21.3. The standard InChI is InChI=1S/C28H22INS2/c29-22-16-14-21(15-17-22)19-32-28(31)27-23-10-4-6-12-25(23)30(18-20-8-2-1-3-9-20)26-13-7-5-11-24(26)27/h1-17,31H,18-19H2. The van der Waals surface area contributed by atoms with E-state index in [-0.39, 0.29) is 0 Å². The van der Waals surface area contributed by atoms with Crippen molar-refractivity contribution in [3.05, 3.63) is 133 Å². The van der Waals surface area contributed by atoms with E-state index in [1.165, 1.54) is 42.8 Å². The lowest BCUT2D eigenvalue weighted by Gasteiger charge is -2.35. The lowest BCUT2D eigenvalue weighted by Crippen LogP contribution is -2.22. The molecule has 0 saturated carbocycles. The van der Waals surface area contributed by atoms with Crippen LogP contribution >= 0.6 is 47.0 Å². The van der Waals surface area contributed by atoms with E-state index in [0.29, 0.717) is 0 Å². The average Bonchev–Trinajstić information content (AvgIpc) is 2.84. The number of nitrogens with zero attached hydrogens (tertiary/aromatic N) is 1. The summed E-state index contributed by atoms with van der Waals surface area (Å²) in [7, 11) is 0. The van der Waals surface area contributed by atoms with E-state index in [0.717, 1.165) is 16.5 Å².